The first-order chi connectivity index (χ1) is 31.7. The number of nitrogens with one attached hydrogen (secondary N) is 5. The van der Waals surface area contributed by atoms with Crippen molar-refractivity contribution in [1.82, 2.24) is 26.6 Å². The third kappa shape index (κ3) is 37.2. The van der Waals surface area contributed by atoms with Crippen molar-refractivity contribution in [2.24, 2.45) is 11.8 Å². The minimum Gasteiger partial charge on any atom is -0.481 e. The molecule has 0 fully saturated rings. The Hall–Kier alpha value is -3.89. The summed E-state index contributed by atoms with van der Waals surface area (Å²) >= 11 is 1.94. The molecule has 0 spiro atoms. The van der Waals surface area contributed by atoms with Crippen molar-refractivity contribution in [3.05, 3.63) is 0 Å². The molecule has 0 aliphatic carbocycles. The molecule has 0 heterocycles. The van der Waals surface area contributed by atoms with Gasteiger partial charge in [-0.05, 0) is 88.7 Å². The molecule has 382 valence electrons. The van der Waals surface area contributed by atoms with E-state index >= 15 is 0 Å². The molecule has 3 unspecified atom stereocenters. The standard InChI is InChI=1S/C45H81N5O15S/c1-34(2)42(45(60)61)50-40(54)18-8-5-4-6-12-30-66-31-13-7-9-17-38(52)48-22-14-24-62-26-28-64-29-27-63-25-15-23-49-41(55)33-65-32-37(51)35(43(56)57)19-20-39(53)47-21-11-10-16-36(46-3)44(58)59/h34-36,42,46H,4-33H2,1-3H3,(H,47,53)(H,48,52)(H,49,55)(H,50,54)(H,56,57)(H,58,59)(H,60,61). The van der Waals surface area contributed by atoms with Gasteiger partial charge in [-0.25, -0.2) is 4.79 Å². The Labute approximate surface area is 395 Å². The van der Waals surface area contributed by atoms with Crippen molar-refractivity contribution < 1.29 is 72.6 Å². The van der Waals surface area contributed by atoms with Gasteiger partial charge >= 0.3 is 17.9 Å². The van der Waals surface area contributed by atoms with E-state index in [4.69, 9.17) is 24.1 Å². The van der Waals surface area contributed by atoms with E-state index in [-0.39, 0.29) is 30.6 Å². The Bertz CT molecular complexity index is 1380. The quantitative estimate of drug-likeness (QED) is 0.0321. The van der Waals surface area contributed by atoms with Crippen molar-refractivity contribution in [1.29, 1.82) is 0 Å². The van der Waals surface area contributed by atoms with Gasteiger partial charge in [0.25, 0.3) is 0 Å². The second kappa shape index (κ2) is 42.5. The predicted molar refractivity (Wildman–Crippen MR) is 249 cm³/mol. The third-order valence-electron chi connectivity index (χ3n) is 10.2. The molecule has 20 nitrogen and oxygen atoms in total. The second-order valence-electron chi connectivity index (χ2n) is 16.2. The fourth-order valence-corrected chi connectivity index (χ4v) is 7.28. The molecule has 8 N–H and O–H groups in total. The molecule has 0 aromatic heterocycles. The molecule has 4 amide bonds. The van der Waals surface area contributed by atoms with E-state index < -0.39 is 66.7 Å². The second-order valence-corrected chi connectivity index (χ2v) is 17.5. The van der Waals surface area contributed by atoms with Crippen LogP contribution in [0.25, 0.3) is 0 Å². The summed E-state index contributed by atoms with van der Waals surface area (Å²) in [5, 5.41) is 41.1. The highest BCUT2D eigenvalue weighted by atomic mass is 32.2. The summed E-state index contributed by atoms with van der Waals surface area (Å²) in [6, 6.07) is -1.50. The highest BCUT2D eigenvalue weighted by Gasteiger charge is 2.27. The van der Waals surface area contributed by atoms with E-state index in [1.54, 1.807) is 20.9 Å². The van der Waals surface area contributed by atoms with Crippen LogP contribution >= 0.6 is 11.8 Å². The van der Waals surface area contributed by atoms with Gasteiger partial charge in [0.1, 0.15) is 31.2 Å². The van der Waals surface area contributed by atoms with E-state index in [1.165, 1.54) is 0 Å². The number of carbonyl (C=O) groups is 8. The first kappa shape index (κ1) is 62.1. The summed E-state index contributed by atoms with van der Waals surface area (Å²) in [6.45, 7) is 6.18. The summed E-state index contributed by atoms with van der Waals surface area (Å²) in [5.41, 5.74) is 0. The number of carboxylic acid groups (broad SMARTS) is 3. The third-order valence-corrected chi connectivity index (χ3v) is 11.3. The minimum atomic E-state index is -1.45. The maximum Gasteiger partial charge on any atom is 0.326 e. The predicted octanol–water partition coefficient (Wildman–Crippen LogP) is 2.93. The lowest BCUT2D eigenvalue weighted by Crippen LogP contribution is -2.44. The molecule has 0 aromatic carbocycles. The lowest BCUT2D eigenvalue weighted by atomic mass is 9.98. The zero-order chi connectivity index (χ0) is 49.2. The van der Waals surface area contributed by atoms with Crippen LogP contribution in [0.5, 0.6) is 0 Å². The normalized spacial score (nSPS) is 12.5. The Morgan fingerprint density at radius 3 is 1.53 bits per heavy atom. The molecular formula is C45H81N5O15S. The molecule has 3 atom stereocenters. The van der Waals surface area contributed by atoms with Crippen molar-refractivity contribution in [2.45, 2.75) is 135 Å². The highest BCUT2D eigenvalue weighted by Crippen LogP contribution is 2.13. The number of rotatable bonds is 47. The Morgan fingerprint density at radius 1 is 0.485 bits per heavy atom. The minimum absolute atomic E-state index is 0.0563. The van der Waals surface area contributed by atoms with Crippen molar-refractivity contribution in [2.75, 3.05) is 91.0 Å². The van der Waals surface area contributed by atoms with Crippen LogP contribution in [0, 0.1) is 11.8 Å². The summed E-state index contributed by atoms with van der Waals surface area (Å²) in [6.07, 6.45) is 11.3. The van der Waals surface area contributed by atoms with E-state index in [2.05, 4.69) is 26.6 Å². The van der Waals surface area contributed by atoms with Gasteiger partial charge in [0, 0.05) is 52.1 Å². The lowest BCUT2D eigenvalue weighted by molar-refractivity contribution is -0.148. The van der Waals surface area contributed by atoms with Crippen molar-refractivity contribution >= 4 is 59.1 Å². The topological polar surface area (TPSA) is 294 Å². The average Bonchev–Trinajstić information content (AvgIpc) is 3.26. The Balaban J connectivity index is 3.60. The van der Waals surface area contributed by atoms with Crippen LogP contribution in [0.15, 0.2) is 0 Å². The van der Waals surface area contributed by atoms with Crippen LogP contribution in [-0.2, 0) is 57.3 Å². The number of unbranched alkanes of at least 4 members (excludes halogenated alkanes) is 7. The monoisotopic (exact) mass is 964 g/mol. The first-order valence-corrected chi connectivity index (χ1v) is 24.7. The number of ether oxygens (including phenoxy) is 4. The largest absolute Gasteiger partial charge is 0.481 e. The zero-order valence-electron chi connectivity index (χ0n) is 39.7. The number of aliphatic carboxylic acids is 3. The molecule has 0 aliphatic rings. The number of carbonyl (C=O) groups excluding carboxylic acids is 5. The number of amides is 4. The number of likely N-dealkylation sites (N-methyl/N-ethyl adjacent to an activating group) is 1. The van der Waals surface area contributed by atoms with Gasteiger partial charge in [0.15, 0.2) is 5.78 Å². The van der Waals surface area contributed by atoms with E-state index in [1.807, 2.05) is 11.8 Å². The smallest absolute Gasteiger partial charge is 0.326 e. The Kier molecular flexibility index (Phi) is 40.0. The lowest BCUT2D eigenvalue weighted by Gasteiger charge is -2.17. The van der Waals surface area contributed by atoms with Gasteiger partial charge in [-0.2, -0.15) is 11.8 Å². The summed E-state index contributed by atoms with van der Waals surface area (Å²) in [4.78, 5) is 94.4. The molecule has 0 rings (SSSR count). The number of ketones is 1. The molecule has 0 radical (unpaired) electrons. The molecule has 0 saturated heterocycles. The number of thioether (sulfide) groups is 1. The van der Waals surface area contributed by atoms with Crippen LogP contribution in [0.4, 0.5) is 0 Å². The molecule has 0 aliphatic heterocycles. The van der Waals surface area contributed by atoms with E-state index in [9.17, 15) is 48.6 Å². The van der Waals surface area contributed by atoms with Crippen LogP contribution in [0.2, 0.25) is 0 Å². The first-order valence-electron chi connectivity index (χ1n) is 23.6. The fraction of sp³-hybridized carbons (Fsp3) is 0.822. The molecule has 21 heteroatoms. The van der Waals surface area contributed by atoms with Gasteiger partial charge in [-0.1, -0.05) is 39.5 Å². The molecule has 0 aromatic rings. The number of hydrogen-bond acceptors (Lipinski definition) is 14. The summed E-state index contributed by atoms with van der Waals surface area (Å²) < 4.78 is 21.6. The number of hydrogen-bond donors (Lipinski definition) is 8. The summed E-state index contributed by atoms with van der Waals surface area (Å²) in [7, 11) is 1.56. The Morgan fingerprint density at radius 2 is 0.985 bits per heavy atom. The van der Waals surface area contributed by atoms with Crippen LogP contribution < -0.4 is 26.6 Å². The zero-order valence-corrected chi connectivity index (χ0v) is 40.5. The SMILES string of the molecule is CNC(CCCCNC(=O)CCC(C(=O)O)C(=O)COCC(=O)NCCCOCCOCCOCCCNC(=O)CCCCCSCCCCCCCC(=O)NC(C(=O)O)C(C)C)C(=O)O. The average molecular weight is 964 g/mol. The van der Waals surface area contributed by atoms with Crippen LogP contribution in [-0.4, -0.2) is 166 Å². The molecular weight excluding hydrogens is 883 g/mol. The van der Waals surface area contributed by atoms with Gasteiger partial charge in [-0.3, -0.25) is 33.6 Å². The number of Topliss-reactive ketones (excluding diaryl/α,β-unsaturated/α-hetero) is 1. The van der Waals surface area contributed by atoms with Crippen molar-refractivity contribution in [3.8, 4) is 0 Å². The molecule has 0 saturated carbocycles. The highest BCUT2D eigenvalue weighted by molar-refractivity contribution is 7.99. The molecule has 0 bridgehead atoms. The van der Waals surface area contributed by atoms with E-state index in [0.29, 0.717) is 104 Å². The van der Waals surface area contributed by atoms with Gasteiger partial charge in [-0.15, -0.1) is 0 Å². The fourth-order valence-electron chi connectivity index (χ4n) is 6.26. The van der Waals surface area contributed by atoms with Gasteiger partial charge in [0.05, 0.1) is 26.4 Å². The maximum atomic E-state index is 12.4. The van der Waals surface area contributed by atoms with Gasteiger partial charge in [0.2, 0.25) is 23.6 Å². The number of carboxylic acids is 3. The van der Waals surface area contributed by atoms with E-state index in [0.717, 1.165) is 62.9 Å². The van der Waals surface area contributed by atoms with Crippen LogP contribution in [0.3, 0.4) is 0 Å². The summed E-state index contributed by atoms with van der Waals surface area (Å²) in [5.74, 6) is -4.53. The maximum absolute atomic E-state index is 12.4. The molecule has 66 heavy (non-hydrogen) atoms. The van der Waals surface area contributed by atoms with Crippen molar-refractivity contribution in [3.63, 3.8) is 0 Å². The van der Waals surface area contributed by atoms with Gasteiger partial charge < -0.3 is 60.9 Å². The van der Waals surface area contributed by atoms with Crippen LogP contribution in [0.1, 0.15) is 123 Å².